The first-order valence-corrected chi connectivity index (χ1v) is 7.29. The van der Waals surface area contributed by atoms with Crippen LogP contribution in [-0.2, 0) is 4.74 Å². The Bertz CT molecular complexity index is 679. The minimum Gasteiger partial charge on any atom is -0.444 e. The van der Waals surface area contributed by atoms with Gasteiger partial charge in [0.15, 0.2) is 5.82 Å². The number of H-pyrrole nitrogens is 1. The van der Waals surface area contributed by atoms with Crippen LogP contribution >= 0.6 is 34.2 Å². The predicted molar refractivity (Wildman–Crippen MR) is 85.8 cm³/mol. The van der Waals surface area contributed by atoms with Gasteiger partial charge in [0.2, 0.25) is 0 Å². The van der Waals surface area contributed by atoms with E-state index < -0.39 is 17.5 Å². The quantitative estimate of drug-likeness (QED) is 0.656. The standard InChI is InChI=1S/C13H13ClFIN2O2/c1-13(2,3)20-12(19)18-8-4-6(14)10(15)11-9(8)7(16)5-17-11/h4-5,17H,1-3H3,(H,18,19). The van der Waals surface area contributed by atoms with Crippen LogP contribution < -0.4 is 5.32 Å². The smallest absolute Gasteiger partial charge is 0.412 e. The second kappa shape index (κ2) is 5.40. The van der Waals surface area contributed by atoms with E-state index in [1.165, 1.54) is 6.07 Å². The van der Waals surface area contributed by atoms with Crippen LogP contribution in [0.3, 0.4) is 0 Å². The van der Waals surface area contributed by atoms with Crippen LogP contribution in [0.2, 0.25) is 5.02 Å². The highest BCUT2D eigenvalue weighted by Gasteiger charge is 2.20. The zero-order chi connectivity index (χ0) is 15.1. The van der Waals surface area contributed by atoms with E-state index >= 15 is 0 Å². The first-order valence-electron chi connectivity index (χ1n) is 5.83. The summed E-state index contributed by atoms with van der Waals surface area (Å²) in [6, 6.07) is 1.37. The van der Waals surface area contributed by atoms with Crippen molar-refractivity contribution in [2.75, 3.05) is 5.32 Å². The lowest BCUT2D eigenvalue weighted by Gasteiger charge is -2.20. The molecule has 1 aromatic heterocycles. The van der Waals surface area contributed by atoms with E-state index in [2.05, 4.69) is 10.3 Å². The zero-order valence-electron chi connectivity index (χ0n) is 11.1. The average Bonchev–Trinajstić information content (AvgIpc) is 2.65. The van der Waals surface area contributed by atoms with E-state index in [9.17, 15) is 9.18 Å². The molecule has 0 saturated carbocycles. The van der Waals surface area contributed by atoms with Crippen molar-refractivity contribution in [1.29, 1.82) is 0 Å². The highest BCUT2D eigenvalue weighted by atomic mass is 127. The lowest BCUT2D eigenvalue weighted by Crippen LogP contribution is -2.27. The van der Waals surface area contributed by atoms with Gasteiger partial charge in [-0.1, -0.05) is 11.6 Å². The second-order valence-electron chi connectivity index (χ2n) is 5.23. The molecular weight excluding hydrogens is 398 g/mol. The normalized spacial score (nSPS) is 11.7. The van der Waals surface area contributed by atoms with Gasteiger partial charge < -0.3 is 9.72 Å². The Morgan fingerprint density at radius 2 is 2.15 bits per heavy atom. The van der Waals surface area contributed by atoms with Gasteiger partial charge in [0.25, 0.3) is 0 Å². The van der Waals surface area contributed by atoms with Crippen molar-refractivity contribution in [3.05, 3.63) is 26.7 Å². The Labute approximate surface area is 134 Å². The summed E-state index contributed by atoms with van der Waals surface area (Å²) in [4.78, 5) is 14.6. The number of hydrogen-bond donors (Lipinski definition) is 2. The Kier molecular flexibility index (Phi) is 4.15. The predicted octanol–water partition coefficient (Wildman–Crippen LogP) is 4.91. The molecule has 0 aliphatic carbocycles. The second-order valence-corrected chi connectivity index (χ2v) is 6.80. The minimum atomic E-state index is -0.613. The third kappa shape index (κ3) is 3.17. The lowest BCUT2D eigenvalue weighted by atomic mass is 10.2. The number of carbonyl (C=O) groups is 1. The van der Waals surface area contributed by atoms with Gasteiger partial charge in [-0.05, 0) is 49.4 Å². The summed E-state index contributed by atoms with van der Waals surface area (Å²) in [5.74, 6) is -0.542. The number of amides is 1. The molecule has 20 heavy (non-hydrogen) atoms. The molecule has 108 valence electrons. The van der Waals surface area contributed by atoms with Crippen LogP contribution in [0.4, 0.5) is 14.9 Å². The van der Waals surface area contributed by atoms with Gasteiger partial charge in [-0.3, -0.25) is 5.32 Å². The number of fused-ring (bicyclic) bond motifs is 1. The first kappa shape index (κ1) is 15.4. The maximum Gasteiger partial charge on any atom is 0.412 e. The molecule has 0 fully saturated rings. The molecule has 0 spiro atoms. The number of ether oxygens (including phenoxy) is 1. The van der Waals surface area contributed by atoms with Crippen molar-refractivity contribution in [2.24, 2.45) is 0 Å². The summed E-state index contributed by atoms with van der Waals surface area (Å²) in [5, 5.41) is 3.10. The number of aromatic nitrogens is 1. The van der Waals surface area contributed by atoms with Gasteiger partial charge in [0.05, 0.1) is 16.2 Å². The van der Waals surface area contributed by atoms with E-state index in [4.69, 9.17) is 16.3 Å². The van der Waals surface area contributed by atoms with Crippen LogP contribution in [0.1, 0.15) is 20.8 Å². The van der Waals surface area contributed by atoms with Crippen molar-refractivity contribution in [3.8, 4) is 0 Å². The van der Waals surface area contributed by atoms with Gasteiger partial charge in [-0.2, -0.15) is 0 Å². The third-order valence-corrected chi connectivity index (χ3v) is 3.56. The number of halogens is 3. The molecule has 4 nitrogen and oxygen atoms in total. The van der Waals surface area contributed by atoms with Gasteiger partial charge in [0, 0.05) is 15.2 Å². The maximum absolute atomic E-state index is 13.9. The molecule has 0 saturated heterocycles. The molecule has 0 aliphatic rings. The molecule has 1 aromatic carbocycles. The van der Waals surface area contributed by atoms with Gasteiger partial charge in [0.1, 0.15) is 5.60 Å². The number of aromatic amines is 1. The SMILES string of the molecule is CC(C)(C)OC(=O)Nc1cc(Cl)c(F)c2[nH]cc(I)c12. The van der Waals surface area contributed by atoms with E-state index in [0.717, 1.165) is 3.57 Å². The van der Waals surface area contributed by atoms with Crippen molar-refractivity contribution in [3.63, 3.8) is 0 Å². The molecular formula is C13H13ClFIN2O2. The summed E-state index contributed by atoms with van der Waals surface area (Å²) < 4.78 is 19.8. The molecule has 1 amide bonds. The van der Waals surface area contributed by atoms with Crippen LogP contribution in [-0.4, -0.2) is 16.7 Å². The molecule has 0 aliphatic heterocycles. The molecule has 0 bridgehead atoms. The van der Waals surface area contributed by atoms with E-state index in [0.29, 0.717) is 11.1 Å². The molecule has 0 radical (unpaired) electrons. The number of anilines is 1. The van der Waals surface area contributed by atoms with E-state index in [1.54, 1.807) is 27.0 Å². The molecule has 2 rings (SSSR count). The highest BCUT2D eigenvalue weighted by molar-refractivity contribution is 14.1. The molecule has 1 heterocycles. The van der Waals surface area contributed by atoms with Gasteiger partial charge >= 0.3 is 6.09 Å². The van der Waals surface area contributed by atoms with Crippen LogP contribution in [0, 0.1) is 9.39 Å². The van der Waals surface area contributed by atoms with E-state index in [1.807, 2.05) is 22.6 Å². The topological polar surface area (TPSA) is 54.1 Å². The number of benzene rings is 1. The summed E-state index contributed by atoms with van der Waals surface area (Å²) in [5.41, 5.74) is 0.0532. The Morgan fingerprint density at radius 1 is 1.50 bits per heavy atom. The van der Waals surface area contributed by atoms with Gasteiger partial charge in [-0.25, -0.2) is 9.18 Å². The number of nitrogens with one attached hydrogen (secondary N) is 2. The maximum atomic E-state index is 13.9. The van der Waals surface area contributed by atoms with Crippen LogP contribution in [0.15, 0.2) is 12.3 Å². The zero-order valence-corrected chi connectivity index (χ0v) is 14.0. The van der Waals surface area contributed by atoms with Crippen molar-refractivity contribution in [1.82, 2.24) is 4.98 Å². The Hall–Kier alpha value is -1.02. The third-order valence-electron chi connectivity index (χ3n) is 2.44. The summed E-state index contributed by atoms with van der Waals surface area (Å²) >= 11 is 7.88. The summed E-state index contributed by atoms with van der Waals surface area (Å²) in [6.07, 6.45) is 1.03. The van der Waals surface area contributed by atoms with Crippen LogP contribution in [0.25, 0.3) is 10.9 Å². The highest BCUT2D eigenvalue weighted by Crippen LogP contribution is 2.34. The number of hydrogen-bond acceptors (Lipinski definition) is 2. The monoisotopic (exact) mass is 410 g/mol. The number of rotatable bonds is 1. The molecule has 0 unspecified atom stereocenters. The summed E-state index contributed by atoms with van der Waals surface area (Å²) in [7, 11) is 0. The molecule has 0 atom stereocenters. The first-order chi connectivity index (χ1) is 9.19. The number of carbonyl (C=O) groups excluding carboxylic acids is 1. The van der Waals surface area contributed by atoms with Crippen molar-refractivity contribution in [2.45, 2.75) is 26.4 Å². The van der Waals surface area contributed by atoms with Crippen molar-refractivity contribution >= 4 is 56.9 Å². The average molecular weight is 411 g/mol. The largest absolute Gasteiger partial charge is 0.444 e. The fourth-order valence-corrected chi connectivity index (χ4v) is 2.65. The summed E-state index contributed by atoms with van der Waals surface area (Å²) in [6.45, 7) is 5.29. The minimum absolute atomic E-state index is 0.0678. The Balaban J connectivity index is 2.42. The fourth-order valence-electron chi connectivity index (χ4n) is 1.73. The molecule has 2 N–H and O–H groups in total. The molecule has 2 aromatic rings. The van der Waals surface area contributed by atoms with Gasteiger partial charge in [-0.15, -0.1) is 0 Å². The van der Waals surface area contributed by atoms with Crippen LogP contribution in [0.5, 0.6) is 0 Å². The molecule has 7 heteroatoms. The van der Waals surface area contributed by atoms with Crippen molar-refractivity contribution < 1.29 is 13.9 Å². The lowest BCUT2D eigenvalue weighted by molar-refractivity contribution is 0.0636. The Morgan fingerprint density at radius 3 is 2.75 bits per heavy atom. The fraction of sp³-hybridized carbons (Fsp3) is 0.308. The van der Waals surface area contributed by atoms with E-state index in [-0.39, 0.29) is 10.5 Å².